The quantitative estimate of drug-likeness (QED) is 0.642. The van der Waals surface area contributed by atoms with Crippen molar-refractivity contribution in [3.63, 3.8) is 0 Å². The fourth-order valence-electron chi connectivity index (χ4n) is 1.93. The molecule has 0 unspecified atom stereocenters. The van der Waals surface area contributed by atoms with Crippen LogP contribution in [0.25, 0.3) is 0 Å². The van der Waals surface area contributed by atoms with E-state index in [0.717, 1.165) is 7.11 Å². The zero-order chi connectivity index (χ0) is 16.3. The molecule has 0 bridgehead atoms. The molecule has 0 fully saturated rings. The van der Waals surface area contributed by atoms with Crippen LogP contribution in [-0.4, -0.2) is 7.11 Å². The van der Waals surface area contributed by atoms with Crippen LogP contribution in [0.15, 0.2) is 30.3 Å². The van der Waals surface area contributed by atoms with Crippen LogP contribution in [0.3, 0.4) is 0 Å². The Morgan fingerprint density at radius 3 is 1.95 bits per heavy atom. The van der Waals surface area contributed by atoms with Crippen LogP contribution in [0.2, 0.25) is 0 Å². The summed E-state index contributed by atoms with van der Waals surface area (Å²) in [5.74, 6) is -4.59. The number of rotatable bonds is 3. The summed E-state index contributed by atoms with van der Waals surface area (Å²) in [4.78, 5) is 4.91. The molecule has 2 rings (SSSR count). The van der Waals surface area contributed by atoms with Gasteiger partial charge in [-0.25, -0.2) is 18.2 Å². The maximum Gasteiger partial charge on any atom is 0.189 e. The number of para-hydroxylation sites is 1. The standard InChI is InChI=1S/C15H8F3N3O/c1-22-21(9-5-3-2-4-6-9)15-13(17)11(8-20)10(7-19)12(16)14(15)18/h2-6H,1H3. The van der Waals surface area contributed by atoms with E-state index in [9.17, 15) is 13.2 Å². The molecular formula is C15H8F3N3O. The first kappa shape index (κ1) is 15.4. The van der Waals surface area contributed by atoms with Crippen molar-refractivity contribution in [2.75, 3.05) is 12.2 Å². The average Bonchev–Trinajstić information content (AvgIpc) is 2.55. The van der Waals surface area contributed by atoms with E-state index in [4.69, 9.17) is 15.4 Å². The molecular weight excluding hydrogens is 295 g/mol. The largest absolute Gasteiger partial charge is 0.272 e. The topological polar surface area (TPSA) is 60.0 Å². The fraction of sp³-hybridized carbons (Fsp3) is 0.0667. The van der Waals surface area contributed by atoms with Crippen molar-refractivity contribution in [3.05, 3.63) is 58.9 Å². The predicted molar refractivity (Wildman–Crippen MR) is 71.3 cm³/mol. The van der Waals surface area contributed by atoms with Gasteiger partial charge in [-0.15, -0.1) is 0 Å². The molecule has 0 saturated heterocycles. The molecule has 0 spiro atoms. The van der Waals surface area contributed by atoms with Crippen molar-refractivity contribution in [2.24, 2.45) is 0 Å². The van der Waals surface area contributed by atoms with Crippen molar-refractivity contribution in [2.45, 2.75) is 0 Å². The molecule has 2 aromatic rings. The first-order valence-electron chi connectivity index (χ1n) is 5.96. The van der Waals surface area contributed by atoms with Gasteiger partial charge in [0.1, 0.15) is 29.0 Å². The normalized spacial score (nSPS) is 9.91. The summed E-state index contributed by atoms with van der Waals surface area (Å²) < 4.78 is 42.4. The number of halogens is 3. The second kappa shape index (κ2) is 6.17. The van der Waals surface area contributed by atoms with E-state index >= 15 is 0 Å². The third-order valence-electron chi connectivity index (χ3n) is 2.90. The van der Waals surface area contributed by atoms with E-state index in [1.807, 2.05) is 0 Å². The highest BCUT2D eigenvalue weighted by molar-refractivity contribution is 5.66. The SMILES string of the molecule is CON(c1ccccc1)c1c(F)c(F)c(C#N)c(C#N)c1F. The first-order chi connectivity index (χ1) is 10.6. The Balaban J connectivity index is 2.79. The minimum Gasteiger partial charge on any atom is -0.272 e. The number of nitriles is 2. The van der Waals surface area contributed by atoms with Crippen LogP contribution >= 0.6 is 0 Å². The Kier molecular flexibility index (Phi) is 4.31. The van der Waals surface area contributed by atoms with Crippen molar-refractivity contribution in [1.82, 2.24) is 0 Å². The molecule has 0 heterocycles. The summed E-state index contributed by atoms with van der Waals surface area (Å²) in [5, 5.41) is 18.4. The second-order valence-electron chi connectivity index (χ2n) is 4.08. The van der Waals surface area contributed by atoms with Gasteiger partial charge in [0.2, 0.25) is 0 Å². The van der Waals surface area contributed by atoms with Gasteiger partial charge >= 0.3 is 0 Å². The number of anilines is 2. The van der Waals surface area contributed by atoms with E-state index in [1.165, 1.54) is 24.3 Å². The monoisotopic (exact) mass is 303 g/mol. The summed E-state index contributed by atoms with van der Waals surface area (Å²) in [6.45, 7) is 0. The third kappa shape index (κ3) is 2.34. The summed E-state index contributed by atoms with van der Waals surface area (Å²) >= 11 is 0. The Labute approximate surface area is 124 Å². The maximum atomic E-state index is 14.4. The lowest BCUT2D eigenvalue weighted by molar-refractivity contribution is 0.195. The van der Waals surface area contributed by atoms with Crippen LogP contribution in [0.5, 0.6) is 0 Å². The smallest absolute Gasteiger partial charge is 0.189 e. The maximum absolute atomic E-state index is 14.4. The Morgan fingerprint density at radius 2 is 1.45 bits per heavy atom. The van der Waals surface area contributed by atoms with Crippen molar-refractivity contribution in [3.8, 4) is 12.1 Å². The molecule has 0 saturated carbocycles. The summed E-state index contributed by atoms with van der Waals surface area (Å²) in [6.07, 6.45) is 0. The molecule has 7 heteroatoms. The van der Waals surface area contributed by atoms with Gasteiger partial charge in [0.05, 0.1) is 12.8 Å². The molecule has 0 amide bonds. The lowest BCUT2D eigenvalue weighted by Crippen LogP contribution is -2.20. The van der Waals surface area contributed by atoms with Crippen LogP contribution in [-0.2, 0) is 4.84 Å². The van der Waals surface area contributed by atoms with Crippen LogP contribution < -0.4 is 5.06 Å². The molecule has 2 aromatic carbocycles. The van der Waals surface area contributed by atoms with E-state index < -0.39 is 34.3 Å². The van der Waals surface area contributed by atoms with Crippen molar-refractivity contribution >= 4 is 11.4 Å². The van der Waals surface area contributed by atoms with E-state index in [1.54, 1.807) is 18.2 Å². The van der Waals surface area contributed by atoms with Crippen LogP contribution in [0.4, 0.5) is 24.5 Å². The van der Waals surface area contributed by atoms with Gasteiger partial charge in [-0.2, -0.15) is 10.5 Å². The summed E-state index contributed by atoms with van der Waals surface area (Å²) in [7, 11) is 1.13. The van der Waals surface area contributed by atoms with Crippen LogP contribution in [0, 0.1) is 40.1 Å². The molecule has 0 aliphatic carbocycles. The number of nitrogens with zero attached hydrogens (tertiary/aromatic N) is 3. The van der Waals surface area contributed by atoms with Gasteiger partial charge in [0.15, 0.2) is 17.5 Å². The lowest BCUT2D eigenvalue weighted by atomic mass is 10.1. The Morgan fingerprint density at radius 1 is 0.909 bits per heavy atom. The lowest BCUT2D eigenvalue weighted by Gasteiger charge is -2.23. The van der Waals surface area contributed by atoms with Crippen molar-refractivity contribution < 1.29 is 18.0 Å². The van der Waals surface area contributed by atoms with E-state index in [2.05, 4.69) is 0 Å². The van der Waals surface area contributed by atoms with Gasteiger partial charge in [-0.3, -0.25) is 4.84 Å². The zero-order valence-electron chi connectivity index (χ0n) is 11.3. The molecule has 0 atom stereocenters. The van der Waals surface area contributed by atoms with Gasteiger partial charge < -0.3 is 0 Å². The summed E-state index contributed by atoms with van der Waals surface area (Å²) in [6, 6.07) is 10.4. The zero-order valence-corrected chi connectivity index (χ0v) is 11.3. The molecule has 0 N–H and O–H groups in total. The highest BCUT2D eigenvalue weighted by Gasteiger charge is 2.29. The molecule has 110 valence electrons. The highest BCUT2D eigenvalue weighted by Crippen LogP contribution is 2.35. The predicted octanol–water partition coefficient (Wildman–Crippen LogP) is 3.55. The van der Waals surface area contributed by atoms with Crippen molar-refractivity contribution in [1.29, 1.82) is 10.5 Å². The van der Waals surface area contributed by atoms with Gasteiger partial charge in [-0.1, -0.05) is 18.2 Å². The number of hydrogen-bond acceptors (Lipinski definition) is 4. The molecule has 0 aliphatic heterocycles. The first-order valence-corrected chi connectivity index (χ1v) is 5.96. The van der Waals surface area contributed by atoms with Crippen LogP contribution in [0.1, 0.15) is 11.1 Å². The van der Waals surface area contributed by atoms with Gasteiger partial charge in [0, 0.05) is 0 Å². The average molecular weight is 303 g/mol. The molecule has 4 nitrogen and oxygen atoms in total. The van der Waals surface area contributed by atoms with Gasteiger partial charge in [-0.05, 0) is 12.1 Å². The van der Waals surface area contributed by atoms with E-state index in [-0.39, 0.29) is 5.69 Å². The van der Waals surface area contributed by atoms with Gasteiger partial charge in [0.25, 0.3) is 0 Å². The second-order valence-corrected chi connectivity index (χ2v) is 4.08. The fourth-order valence-corrected chi connectivity index (χ4v) is 1.93. The Bertz CT molecular complexity index is 795. The minimum absolute atomic E-state index is 0.218. The molecule has 0 radical (unpaired) electrons. The molecule has 0 aliphatic rings. The minimum atomic E-state index is -1.61. The number of hydrogen-bond donors (Lipinski definition) is 0. The summed E-state index contributed by atoms with van der Waals surface area (Å²) in [5.41, 5.74) is -2.54. The molecule has 22 heavy (non-hydrogen) atoms. The van der Waals surface area contributed by atoms with E-state index in [0.29, 0.717) is 5.06 Å². The Hall–Kier alpha value is -3.03. The third-order valence-corrected chi connectivity index (χ3v) is 2.90. The highest BCUT2D eigenvalue weighted by atomic mass is 19.2. The molecule has 0 aromatic heterocycles. The number of benzene rings is 2.